The van der Waals surface area contributed by atoms with Crippen LogP contribution in [0.2, 0.25) is 0 Å². The number of allylic oxidation sites excluding steroid dienone is 2. The molecule has 0 N–H and O–H groups in total. The summed E-state index contributed by atoms with van der Waals surface area (Å²) in [6, 6.07) is 0. The van der Waals surface area contributed by atoms with Gasteiger partial charge in [-0.05, 0) is 31.1 Å². The first-order valence-corrected chi connectivity index (χ1v) is 9.32. The van der Waals surface area contributed by atoms with E-state index in [1.54, 1.807) is 14.2 Å². The van der Waals surface area contributed by atoms with Gasteiger partial charge in [0.15, 0.2) is 0 Å². The Morgan fingerprint density at radius 2 is 1.88 bits per heavy atom. The second kappa shape index (κ2) is 7.98. The minimum atomic E-state index is 0.204. The van der Waals surface area contributed by atoms with Crippen LogP contribution in [0.3, 0.4) is 0 Å². The first-order chi connectivity index (χ1) is 11.7. The molecule has 2 saturated heterocycles. The molecule has 3 rings (SSSR count). The molecule has 1 atom stereocenters. The summed E-state index contributed by atoms with van der Waals surface area (Å²) < 4.78 is 10.8. The van der Waals surface area contributed by atoms with E-state index in [4.69, 9.17) is 9.47 Å². The molecular formula is C19H32N2O3. The Hall–Kier alpha value is -0.910. The summed E-state index contributed by atoms with van der Waals surface area (Å²) >= 11 is 0. The third-order valence-electron chi connectivity index (χ3n) is 6.29. The summed E-state index contributed by atoms with van der Waals surface area (Å²) in [5.41, 5.74) is 0.314. The van der Waals surface area contributed by atoms with E-state index in [0.29, 0.717) is 17.2 Å². The minimum Gasteiger partial charge on any atom is -0.384 e. The van der Waals surface area contributed by atoms with E-state index in [1.807, 2.05) is 0 Å². The second-order valence-corrected chi connectivity index (χ2v) is 7.71. The Labute approximate surface area is 146 Å². The molecule has 3 aliphatic rings. The van der Waals surface area contributed by atoms with Crippen LogP contribution in [0.25, 0.3) is 0 Å². The first kappa shape index (κ1) is 17.9. The fourth-order valence-electron chi connectivity index (χ4n) is 4.78. The maximum Gasteiger partial charge on any atom is 0.226 e. The standard InChI is InChI=1S/C19H32N2O3/c1-23-12-11-20-13-17(14-24-2)19(15-20)7-9-21(10-8-19)18(22)16-5-3-4-6-16/h3-4,16-17H,5-15H2,1-2H3. The Kier molecular flexibility index (Phi) is 5.95. The lowest BCUT2D eigenvalue weighted by atomic mass is 9.71. The third kappa shape index (κ3) is 3.68. The molecule has 0 aromatic carbocycles. The van der Waals surface area contributed by atoms with E-state index in [0.717, 1.165) is 71.6 Å². The highest BCUT2D eigenvalue weighted by atomic mass is 16.5. The monoisotopic (exact) mass is 336 g/mol. The number of rotatable bonds is 6. The Morgan fingerprint density at radius 1 is 1.17 bits per heavy atom. The van der Waals surface area contributed by atoms with Crippen LogP contribution in [0.4, 0.5) is 0 Å². The van der Waals surface area contributed by atoms with Crippen LogP contribution in [0, 0.1) is 17.3 Å². The van der Waals surface area contributed by atoms with Crippen LogP contribution in [0.5, 0.6) is 0 Å². The molecule has 5 heteroatoms. The largest absolute Gasteiger partial charge is 0.384 e. The number of hydrogen-bond donors (Lipinski definition) is 0. The van der Waals surface area contributed by atoms with Crippen molar-refractivity contribution in [2.45, 2.75) is 25.7 Å². The van der Waals surface area contributed by atoms with Gasteiger partial charge >= 0.3 is 0 Å². The highest BCUT2D eigenvalue weighted by molar-refractivity contribution is 5.79. The number of likely N-dealkylation sites (tertiary alicyclic amines) is 2. The summed E-state index contributed by atoms with van der Waals surface area (Å²) in [7, 11) is 3.57. The number of nitrogens with zero attached hydrogens (tertiary/aromatic N) is 2. The van der Waals surface area contributed by atoms with Gasteiger partial charge < -0.3 is 19.3 Å². The molecule has 2 aliphatic heterocycles. The van der Waals surface area contributed by atoms with E-state index in [2.05, 4.69) is 22.0 Å². The van der Waals surface area contributed by atoms with Gasteiger partial charge in [-0.2, -0.15) is 0 Å². The average molecular weight is 336 g/mol. The number of hydrogen-bond acceptors (Lipinski definition) is 4. The van der Waals surface area contributed by atoms with Crippen molar-refractivity contribution in [1.82, 2.24) is 9.80 Å². The second-order valence-electron chi connectivity index (χ2n) is 7.71. The molecule has 0 aromatic heterocycles. The number of piperidine rings is 1. The molecule has 1 aliphatic carbocycles. The molecule has 0 saturated carbocycles. The van der Waals surface area contributed by atoms with Gasteiger partial charge in [-0.1, -0.05) is 12.2 Å². The summed E-state index contributed by atoms with van der Waals surface area (Å²) in [6.07, 6.45) is 8.36. The third-order valence-corrected chi connectivity index (χ3v) is 6.29. The SMILES string of the molecule is COCCN1CC(COC)C2(CCN(C(=O)C3CC=CC3)CC2)C1. The van der Waals surface area contributed by atoms with Gasteiger partial charge in [0.2, 0.25) is 5.91 Å². The molecule has 1 spiro atoms. The van der Waals surface area contributed by atoms with Crippen molar-refractivity contribution in [2.75, 3.05) is 60.2 Å². The van der Waals surface area contributed by atoms with Crippen molar-refractivity contribution in [3.8, 4) is 0 Å². The topological polar surface area (TPSA) is 42.0 Å². The van der Waals surface area contributed by atoms with Gasteiger partial charge in [0.05, 0.1) is 13.2 Å². The van der Waals surface area contributed by atoms with Gasteiger partial charge in [0, 0.05) is 58.8 Å². The zero-order valence-electron chi connectivity index (χ0n) is 15.2. The summed E-state index contributed by atoms with van der Waals surface area (Å²) in [5, 5.41) is 0. The zero-order valence-corrected chi connectivity index (χ0v) is 15.2. The molecule has 0 bridgehead atoms. The lowest BCUT2D eigenvalue weighted by Crippen LogP contribution is -2.48. The summed E-state index contributed by atoms with van der Waals surface area (Å²) in [5.74, 6) is 1.15. The van der Waals surface area contributed by atoms with Crippen molar-refractivity contribution in [1.29, 1.82) is 0 Å². The van der Waals surface area contributed by atoms with Crippen molar-refractivity contribution in [2.24, 2.45) is 17.3 Å². The number of carbonyl (C=O) groups excluding carboxylic acids is 1. The number of methoxy groups -OCH3 is 2. The molecule has 1 unspecified atom stereocenters. The highest BCUT2D eigenvalue weighted by Gasteiger charge is 2.48. The normalized spacial score (nSPS) is 27.4. The molecule has 0 aromatic rings. The summed E-state index contributed by atoms with van der Waals surface area (Å²) in [6.45, 7) is 6.64. The molecule has 1 amide bonds. The van der Waals surface area contributed by atoms with E-state index < -0.39 is 0 Å². The maximum atomic E-state index is 12.7. The lowest BCUT2D eigenvalue weighted by Gasteiger charge is -2.43. The van der Waals surface area contributed by atoms with E-state index >= 15 is 0 Å². The molecule has 0 radical (unpaired) electrons. The fourth-order valence-corrected chi connectivity index (χ4v) is 4.78. The molecule has 5 nitrogen and oxygen atoms in total. The molecule has 24 heavy (non-hydrogen) atoms. The predicted molar refractivity (Wildman–Crippen MR) is 93.8 cm³/mol. The lowest BCUT2D eigenvalue weighted by molar-refractivity contribution is -0.138. The quantitative estimate of drug-likeness (QED) is 0.694. The van der Waals surface area contributed by atoms with Crippen molar-refractivity contribution >= 4 is 5.91 Å². The van der Waals surface area contributed by atoms with E-state index in [1.165, 1.54) is 0 Å². The molecule has 136 valence electrons. The van der Waals surface area contributed by atoms with Crippen LogP contribution in [0.1, 0.15) is 25.7 Å². The van der Waals surface area contributed by atoms with Crippen molar-refractivity contribution in [3.63, 3.8) is 0 Å². The summed E-state index contributed by atoms with van der Waals surface area (Å²) in [4.78, 5) is 17.3. The maximum absolute atomic E-state index is 12.7. The zero-order chi connectivity index (χ0) is 17.0. The van der Waals surface area contributed by atoms with Crippen LogP contribution >= 0.6 is 0 Å². The number of amides is 1. The Balaban J connectivity index is 1.58. The van der Waals surface area contributed by atoms with Crippen LogP contribution < -0.4 is 0 Å². The molecule has 2 heterocycles. The molecule has 2 fully saturated rings. The van der Waals surface area contributed by atoms with Gasteiger partial charge in [-0.15, -0.1) is 0 Å². The number of carbonyl (C=O) groups is 1. The Morgan fingerprint density at radius 3 is 2.50 bits per heavy atom. The van der Waals surface area contributed by atoms with E-state index in [9.17, 15) is 4.79 Å². The van der Waals surface area contributed by atoms with Gasteiger partial charge in [-0.25, -0.2) is 0 Å². The van der Waals surface area contributed by atoms with Crippen LogP contribution in [-0.2, 0) is 14.3 Å². The van der Waals surface area contributed by atoms with Gasteiger partial charge in [0.1, 0.15) is 0 Å². The van der Waals surface area contributed by atoms with Gasteiger partial charge in [0.25, 0.3) is 0 Å². The first-order valence-electron chi connectivity index (χ1n) is 9.32. The van der Waals surface area contributed by atoms with Crippen molar-refractivity contribution in [3.05, 3.63) is 12.2 Å². The van der Waals surface area contributed by atoms with Crippen LogP contribution in [0.15, 0.2) is 12.2 Å². The fraction of sp³-hybridized carbons (Fsp3) is 0.842. The number of ether oxygens (including phenoxy) is 2. The van der Waals surface area contributed by atoms with Gasteiger partial charge in [-0.3, -0.25) is 4.79 Å². The van der Waals surface area contributed by atoms with Crippen molar-refractivity contribution < 1.29 is 14.3 Å². The predicted octanol–water partition coefficient (Wildman–Crippen LogP) is 1.79. The van der Waals surface area contributed by atoms with Crippen LogP contribution in [-0.4, -0.2) is 75.9 Å². The minimum absolute atomic E-state index is 0.204. The average Bonchev–Trinajstić information content (AvgIpc) is 3.23. The smallest absolute Gasteiger partial charge is 0.226 e. The molecular weight excluding hydrogens is 304 g/mol. The Bertz CT molecular complexity index is 450. The highest BCUT2D eigenvalue weighted by Crippen LogP contribution is 2.45. The van der Waals surface area contributed by atoms with E-state index in [-0.39, 0.29) is 5.92 Å².